The Labute approximate surface area is 134 Å². The van der Waals surface area contributed by atoms with Crippen LogP contribution in [0.15, 0.2) is 24.3 Å². The molecule has 0 amide bonds. The molecule has 0 bridgehead atoms. The molecule has 3 rings (SSSR count). The molecule has 4 nitrogen and oxygen atoms in total. The molecule has 1 aliphatic heterocycles. The normalized spacial score (nSPS) is 18.7. The van der Waals surface area contributed by atoms with E-state index < -0.39 is 0 Å². The number of rotatable bonds is 4. The molecular weight excluding hydrogens is 304 g/mol. The van der Waals surface area contributed by atoms with E-state index in [4.69, 9.17) is 11.6 Å². The Bertz CT molecular complexity index is 596. The van der Waals surface area contributed by atoms with Gasteiger partial charge < -0.3 is 9.80 Å². The summed E-state index contributed by atoms with van der Waals surface area (Å²) >= 11 is 7.60. The molecule has 0 radical (unpaired) electrons. The van der Waals surface area contributed by atoms with Crippen molar-refractivity contribution in [2.45, 2.75) is 18.9 Å². The first-order valence-corrected chi connectivity index (χ1v) is 8.29. The fraction of sp³-hybridized carbons (Fsp3) is 0.467. The molecule has 6 heteroatoms. The van der Waals surface area contributed by atoms with Gasteiger partial charge >= 0.3 is 0 Å². The van der Waals surface area contributed by atoms with Crippen molar-refractivity contribution in [3.05, 3.63) is 39.9 Å². The van der Waals surface area contributed by atoms with Crippen LogP contribution in [0.5, 0.6) is 0 Å². The molecule has 1 unspecified atom stereocenters. The summed E-state index contributed by atoms with van der Waals surface area (Å²) in [5.74, 6) is 0. The van der Waals surface area contributed by atoms with Crippen LogP contribution in [0.3, 0.4) is 0 Å². The number of aromatic nitrogens is 2. The zero-order valence-electron chi connectivity index (χ0n) is 12.3. The van der Waals surface area contributed by atoms with E-state index in [0.717, 1.165) is 34.7 Å². The van der Waals surface area contributed by atoms with Crippen LogP contribution in [0, 0.1) is 0 Å². The molecule has 1 fully saturated rings. The lowest BCUT2D eigenvalue weighted by atomic mass is 10.2. The lowest BCUT2D eigenvalue weighted by molar-refractivity contribution is 0.315. The van der Waals surface area contributed by atoms with Crippen molar-refractivity contribution in [2.24, 2.45) is 0 Å². The minimum atomic E-state index is 0.619. The van der Waals surface area contributed by atoms with E-state index in [1.165, 1.54) is 12.0 Å². The molecule has 1 atom stereocenters. The van der Waals surface area contributed by atoms with E-state index in [2.05, 4.69) is 34.1 Å². The minimum absolute atomic E-state index is 0.619. The SMILES string of the molecule is CN(C)C1CCN(c2nnc(Cc3ccc(Cl)cc3)s2)C1. The molecule has 0 saturated carbocycles. The average Bonchev–Trinajstić information content (AvgIpc) is 3.10. The third-order valence-corrected chi connectivity index (χ3v) is 5.12. The van der Waals surface area contributed by atoms with Crippen LogP contribution in [-0.2, 0) is 6.42 Å². The topological polar surface area (TPSA) is 32.3 Å². The number of hydrogen-bond donors (Lipinski definition) is 0. The molecule has 0 spiro atoms. The average molecular weight is 323 g/mol. The van der Waals surface area contributed by atoms with Gasteiger partial charge in [-0.15, -0.1) is 10.2 Å². The summed E-state index contributed by atoms with van der Waals surface area (Å²) in [5.41, 5.74) is 1.22. The maximum absolute atomic E-state index is 5.91. The summed E-state index contributed by atoms with van der Waals surface area (Å²) in [6.07, 6.45) is 2.01. The zero-order valence-corrected chi connectivity index (χ0v) is 13.9. The Hall–Kier alpha value is -1.17. The maximum atomic E-state index is 5.91. The molecule has 1 aromatic carbocycles. The van der Waals surface area contributed by atoms with Crippen LogP contribution in [0.4, 0.5) is 5.13 Å². The fourth-order valence-electron chi connectivity index (χ4n) is 2.56. The molecular formula is C15H19ClN4S. The minimum Gasteiger partial charge on any atom is -0.345 e. The van der Waals surface area contributed by atoms with Gasteiger partial charge in [0.2, 0.25) is 5.13 Å². The summed E-state index contributed by atoms with van der Waals surface area (Å²) in [7, 11) is 4.28. The Morgan fingerprint density at radius 3 is 2.71 bits per heavy atom. The van der Waals surface area contributed by atoms with Gasteiger partial charge in [-0.1, -0.05) is 35.1 Å². The molecule has 2 heterocycles. The molecule has 0 N–H and O–H groups in total. The Kier molecular flexibility index (Phi) is 4.42. The lowest BCUT2D eigenvalue weighted by Gasteiger charge is -2.19. The highest BCUT2D eigenvalue weighted by atomic mass is 35.5. The van der Waals surface area contributed by atoms with Crippen molar-refractivity contribution in [3.63, 3.8) is 0 Å². The van der Waals surface area contributed by atoms with Crippen molar-refractivity contribution in [3.8, 4) is 0 Å². The third-order valence-electron chi connectivity index (χ3n) is 3.89. The molecule has 1 aliphatic rings. The van der Waals surface area contributed by atoms with E-state index in [0.29, 0.717) is 6.04 Å². The van der Waals surface area contributed by atoms with E-state index in [1.54, 1.807) is 11.3 Å². The first kappa shape index (κ1) is 14.8. The maximum Gasteiger partial charge on any atom is 0.208 e. The van der Waals surface area contributed by atoms with Gasteiger partial charge in [0.1, 0.15) is 5.01 Å². The largest absolute Gasteiger partial charge is 0.345 e. The Balaban J connectivity index is 1.65. The van der Waals surface area contributed by atoms with E-state index in [-0.39, 0.29) is 0 Å². The van der Waals surface area contributed by atoms with Crippen LogP contribution in [0.2, 0.25) is 5.02 Å². The van der Waals surface area contributed by atoms with Gasteiger partial charge in [0.15, 0.2) is 0 Å². The van der Waals surface area contributed by atoms with Crippen molar-refractivity contribution in [2.75, 3.05) is 32.1 Å². The summed E-state index contributed by atoms with van der Waals surface area (Å²) in [5, 5.41) is 11.6. The van der Waals surface area contributed by atoms with E-state index >= 15 is 0 Å². The summed E-state index contributed by atoms with van der Waals surface area (Å²) < 4.78 is 0. The number of halogens is 1. The van der Waals surface area contributed by atoms with Crippen LogP contribution in [0.1, 0.15) is 17.0 Å². The predicted octanol–water partition coefficient (Wildman–Crippen LogP) is 2.92. The highest BCUT2D eigenvalue weighted by Crippen LogP contribution is 2.26. The van der Waals surface area contributed by atoms with Gasteiger partial charge in [-0.2, -0.15) is 0 Å². The molecule has 21 heavy (non-hydrogen) atoms. The fourth-order valence-corrected chi connectivity index (χ4v) is 3.59. The van der Waals surface area contributed by atoms with Crippen LogP contribution in [-0.4, -0.2) is 48.3 Å². The lowest BCUT2D eigenvalue weighted by Crippen LogP contribution is -2.31. The van der Waals surface area contributed by atoms with Gasteiger partial charge in [-0.3, -0.25) is 0 Å². The van der Waals surface area contributed by atoms with Crippen LogP contribution >= 0.6 is 22.9 Å². The monoisotopic (exact) mass is 322 g/mol. The summed E-state index contributed by atoms with van der Waals surface area (Å²) in [6.45, 7) is 2.11. The van der Waals surface area contributed by atoms with E-state index in [1.807, 2.05) is 24.3 Å². The number of hydrogen-bond acceptors (Lipinski definition) is 5. The molecule has 0 aliphatic carbocycles. The first-order valence-electron chi connectivity index (χ1n) is 7.10. The quantitative estimate of drug-likeness (QED) is 0.866. The third kappa shape index (κ3) is 3.54. The molecule has 1 aromatic heterocycles. The summed E-state index contributed by atoms with van der Waals surface area (Å²) in [4.78, 5) is 4.63. The standard InChI is InChI=1S/C15H19ClN4S/c1-19(2)13-7-8-20(10-13)15-18-17-14(21-15)9-11-3-5-12(16)6-4-11/h3-6,13H,7-10H2,1-2H3. The second-order valence-electron chi connectivity index (χ2n) is 5.63. The zero-order chi connectivity index (χ0) is 14.8. The van der Waals surface area contributed by atoms with Crippen LogP contribution < -0.4 is 4.90 Å². The number of benzene rings is 1. The molecule has 112 valence electrons. The molecule has 2 aromatic rings. The summed E-state index contributed by atoms with van der Waals surface area (Å²) in [6, 6.07) is 8.54. The highest BCUT2D eigenvalue weighted by Gasteiger charge is 2.26. The first-order chi connectivity index (χ1) is 10.1. The Morgan fingerprint density at radius 1 is 1.29 bits per heavy atom. The van der Waals surface area contributed by atoms with Gasteiger partial charge in [0.25, 0.3) is 0 Å². The predicted molar refractivity (Wildman–Crippen MR) is 88.5 cm³/mol. The molecule has 1 saturated heterocycles. The second kappa shape index (κ2) is 6.30. The number of nitrogens with zero attached hydrogens (tertiary/aromatic N) is 4. The van der Waals surface area contributed by atoms with Gasteiger partial charge in [0, 0.05) is 30.6 Å². The van der Waals surface area contributed by atoms with Gasteiger partial charge in [-0.05, 0) is 38.2 Å². The van der Waals surface area contributed by atoms with Crippen molar-refractivity contribution >= 4 is 28.1 Å². The Morgan fingerprint density at radius 2 is 2.05 bits per heavy atom. The second-order valence-corrected chi connectivity index (χ2v) is 7.11. The smallest absolute Gasteiger partial charge is 0.208 e. The number of likely N-dealkylation sites (N-methyl/N-ethyl adjacent to an activating group) is 1. The van der Waals surface area contributed by atoms with Crippen molar-refractivity contribution in [1.82, 2.24) is 15.1 Å². The highest BCUT2D eigenvalue weighted by molar-refractivity contribution is 7.15. The number of anilines is 1. The van der Waals surface area contributed by atoms with Crippen molar-refractivity contribution in [1.29, 1.82) is 0 Å². The van der Waals surface area contributed by atoms with Crippen molar-refractivity contribution < 1.29 is 0 Å². The van der Waals surface area contributed by atoms with Gasteiger partial charge in [-0.25, -0.2) is 0 Å². The van der Waals surface area contributed by atoms with E-state index in [9.17, 15) is 0 Å². The van der Waals surface area contributed by atoms with Gasteiger partial charge in [0.05, 0.1) is 0 Å². The van der Waals surface area contributed by atoms with Crippen LogP contribution in [0.25, 0.3) is 0 Å².